The number of carbonyl (C=O) groups is 1. The Bertz CT molecular complexity index is 348. The monoisotopic (exact) mass is 181 g/mol. The highest BCUT2D eigenvalue weighted by Crippen LogP contribution is 2.22. The molecule has 0 spiro atoms. The lowest BCUT2D eigenvalue weighted by Crippen LogP contribution is -1.90. The summed E-state index contributed by atoms with van der Waals surface area (Å²) in [5.41, 5.74) is 0.826. The number of hydrogen-bond acceptors (Lipinski definition) is 2. The van der Waals surface area contributed by atoms with Crippen molar-refractivity contribution in [2.24, 2.45) is 0 Å². The smallest absolute Gasteiger partial charge is 0.345 e. The van der Waals surface area contributed by atoms with Gasteiger partial charge in [-0.2, -0.15) is 0 Å². The summed E-state index contributed by atoms with van der Waals surface area (Å²) in [6.45, 7) is 8.74. The van der Waals surface area contributed by atoms with Crippen LogP contribution >= 0.6 is 11.3 Å². The molecule has 1 heterocycles. The van der Waals surface area contributed by atoms with Crippen LogP contribution in [-0.4, -0.2) is 11.1 Å². The summed E-state index contributed by atoms with van der Waals surface area (Å²) >= 11 is 1.22. The Balaban J connectivity index is 3.02. The molecule has 0 saturated heterocycles. The molecule has 0 radical (unpaired) electrons. The number of carboxylic acids is 1. The summed E-state index contributed by atoms with van der Waals surface area (Å²) in [6.07, 6.45) is 0. The van der Waals surface area contributed by atoms with Crippen LogP contribution in [-0.2, 0) is 6.54 Å². The molecule has 0 aromatic carbocycles. The summed E-state index contributed by atoms with van der Waals surface area (Å²) in [7, 11) is 0. The molecule has 0 unspecified atom stereocenters. The predicted octanol–water partition coefficient (Wildman–Crippen LogP) is 2.17. The first-order valence-electron chi connectivity index (χ1n) is 3.31. The van der Waals surface area contributed by atoms with Gasteiger partial charge in [-0.05, 0) is 13.0 Å². The van der Waals surface area contributed by atoms with Crippen molar-refractivity contribution in [2.75, 3.05) is 0 Å². The van der Waals surface area contributed by atoms with Gasteiger partial charge in [-0.3, -0.25) is 0 Å². The van der Waals surface area contributed by atoms with Gasteiger partial charge in [0.15, 0.2) is 0 Å². The minimum Gasteiger partial charge on any atom is -0.477 e. The lowest BCUT2D eigenvalue weighted by Gasteiger charge is -1.83. The lowest BCUT2D eigenvalue weighted by atomic mass is 10.2. The van der Waals surface area contributed by atoms with Crippen LogP contribution in [0.5, 0.6) is 0 Å². The fourth-order valence-electron chi connectivity index (χ4n) is 0.867. The largest absolute Gasteiger partial charge is 0.477 e. The van der Waals surface area contributed by atoms with Gasteiger partial charge < -0.3 is 9.95 Å². The van der Waals surface area contributed by atoms with Gasteiger partial charge in [0.05, 0.1) is 0 Å². The van der Waals surface area contributed by atoms with Crippen molar-refractivity contribution < 1.29 is 9.90 Å². The van der Waals surface area contributed by atoms with Gasteiger partial charge in [0.25, 0.3) is 0 Å². The molecule has 0 aliphatic carbocycles. The maximum atomic E-state index is 10.5. The second kappa shape index (κ2) is 3.37. The molecule has 12 heavy (non-hydrogen) atoms. The van der Waals surface area contributed by atoms with E-state index in [1.54, 1.807) is 6.07 Å². The van der Waals surface area contributed by atoms with E-state index in [-0.39, 0.29) is 6.54 Å². The fraction of sp³-hybridized carbons (Fsp3) is 0.250. The second-order valence-electron chi connectivity index (χ2n) is 2.31. The Labute approximate surface area is 74.1 Å². The topological polar surface area (TPSA) is 41.7 Å². The molecule has 1 aromatic heterocycles. The van der Waals surface area contributed by atoms with Crippen molar-refractivity contribution >= 4 is 17.3 Å². The third-order valence-corrected chi connectivity index (χ3v) is 2.56. The van der Waals surface area contributed by atoms with Crippen molar-refractivity contribution in [1.29, 1.82) is 0 Å². The number of hydrogen-bond donors (Lipinski definition) is 1. The highest BCUT2D eigenvalue weighted by atomic mass is 32.1. The molecule has 0 saturated carbocycles. The number of carboxylic acid groups (broad SMARTS) is 1. The second-order valence-corrected chi connectivity index (χ2v) is 3.57. The normalized spacial score (nSPS) is 9.33. The van der Waals surface area contributed by atoms with Crippen molar-refractivity contribution in [2.45, 2.75) is 13.5 Å². The Kier molecular flexibility index (Phi) is 2.46. The Hall–Kier alpha value is -1.34. The predicted molar refractivity (Wildman–Crippen MR) is 46.3 cm³/mol. The van der Waals surface area contributed by atoms with Crippen LogP contribution in [0, 0.1) is 13.5 Å². The van der Waals surface area contributed by atoms with Gasteiger partial charge in [0, 0.05) is 10.4 Å². The van der Waals surface area contributed by atoms with Crippen LogP contribution in [0.2, 0.25) is 0 Å². The molecule has 62 valence electrons. The van der Waals surface area contributed by atoms with Gasteiger partial charge in [0.2, 0.25) is 6.54 Å². The quantitative estimate of drug-likeness (QED) is 0.710. The molecule has 0 aliphatic heterocycles. The zero-order valence-corrected chi connectivity index (χ0v) is 7.31. The summed E-state index contributed by atoms with van der Waals surface area (Å²) in [5.74, 6) is -0.917. The van der Waals surface area contributed by atoms with E-state index in [4.69, 9.17) is 11.7 Å². The van der Waals surface area contributed by atoms with E-state index in [1.807, 2.05) is 6.92 Å². The molecule has 4 heteroatoms. The number of aromatic carboxylic acids is 1. The van der Waals surface area contributed by atoms with E-state index in [0.29, 0.717) is 4.88 Å². The molecule has 1 rings (SSSR count). The number of nitrogens with zero attached hydrogens (tertiary/aromatic N) is 1. The number of aryl methyl sites for hydroxylation is 1. The van der Waals surface area contributed by atoms with Crippen LogP contribution < -0.4 is 0 Å². The van der Waals surface area contributed by atoms with Crippen LogP contribution in [0.3, 0.4) is 0 Å². The third-order valence-electron chi connectivity index (χ3n) is 1.48. The first-order chi connectivity index (χ1) is 5.65. The molecule has 0 atom stereocenters. The molecule has 1 aromatic rings. The summed E-state index contributed by atoms with van der Waals surface area (Å²) in [5, 5.41) is 8.62. The van der Waals surface area contributed by atoms with Crippen LogP contribution in [0.4, 0.5) is 0 Å². The molecule has 0 aliphatic rings. The summed E-state index contributed by atoms with van der Waals surface area (Å²) < 4.78 is 0. The minimum atomic E-state index is -0.917. The van der Waals surface area contributed by atoms with Gasteiger partial charge in [0.1, 0.15) is 4.88 Å². The van der Waals surface area contributed by atoms with Crippen molar-refractivity contribution in [3.8, 4) is 0 Å². The van der Waals surface area contributed by atoms with E-state index in [0.717, 1.165) is 10.4 Å². The average molecular weight is 181 g/mol. The van der Waals surface area contributed by atoms with Crippen LogP contribution in [0.15, 0.2) is 6.07 Å². The van der Waals surface area contributed by atoms with Crippen molar-refractivity contribution in [3.63, 3.8) is 0 Å². The standard InChI is InChI=1S/C8H7NO2S/c1-5-6(4-9-2)3-7(12-5)8(10)11/h3H,4H2,1H3,(H,10,11). The van der Waals surface area contributed by atoms with E-state index in [1.165, 1.54) is 11.3 Å². The zero-order valence-electron chi connectivity index (χ0n) is 6.50. The molecule has 0 bridgehead atoms. The first kappa shape index (κ1) is 8.75. The molecule has 0 amide bonds. The number of rotatable bonds is 2. The first-order valence-corrected chi connectivity index (χ1v) is 4.12. The van der Waals surface area contributed by atoms with E-state index >= 15 is 0 Å². The minimum absolute atomic E-state index is 0.273. The van der Waals surface area contributed by atoms with Gasteiger partial charge >= 0.3 is 5.97 Å². The van der Waals surface area contributed by atoms with Crippen LogP contribution in [0.25, 0.3) is 4.85 Å². The highest BCUT2D eigenvalue weighted by molar-refractivity contribution is 7.14. The number of thiophene rings is 1. The van der Waals surface area contributed by atoms with Gasteiger partial charge in [-0.25, -0.2) is 11.4 Å². The molecule has 1 N–H and O–H groups in total. The van der Waals surface area contributed by atoms with E-state index in [2.05, 4.69) is 4.85 Å². The maximum absolute atomic E-state index is 10.5. The molecular weight excluding hydrogens is 174 g/mol. The van der Waals surface area contributed by atoms with E-state index < -0.39 is 5.97 Å². The Morgan fingerprint density at radius 3 is 2.92 bits per heavy atom. The third kappa shape index (κ3) is 1.63. The fourth-order valence-corrected chi connectivity index (χ4v) is 1.74. The SMILES string of the molecule is [C-]#[N+]Cc1cc(C(=O)O)sc1C. The maximum Gasteiger partial charge on any atom is 0.345 e. The Morgan fingerprint density at radius 2 is 2.50 bits per heavy atom. The molecular formula is C8H7NO2S. The van der Waals surface area contributed by atoms with Gasteiger partial charge in [-0.1, -0.05) is 0 Å². The summed E-state index contributed by atoms with van der Waals surface area (Å²) in [4.78, 5) is 14.9. The Morgan fingerprint density at radius 1 is 1.83 bits per heavy atom. The van der Waals surface area contributed by atoms with Crippen molar-refractivity contribution in [1.82, 2.24) is 0 Å². The van der Waals surface area contributed by atoms with Gasteiger partial charge in [-0.15, -0.1) is 11.3 Å². The average Bonchev–Trinajstić information content (AvgIpc) is 2.34. The zero-order chi connectivity index (χ0) is 9.14. The lowest BCUT2D eigenvalue weighted by molar-refractivity contribution is 0.0702. The molecule has 0 fully saturated rings. The summed E-state index contributed by atoms with van der Waals surface area (Å²) in [6, 6.07) is 1.57. The van der Waals surface area contributed by atoms with Crippen LogP contribution in [0.1, 0.15) is 20.1 Å². The van der Waals surface area contributed by atoms with E-state index in [9.17, 15) is 4.79 Å². The van der Waals surface area contributed by atoms with Crippen molar-refractivity contribution in [3.05, 3.63) is 32.8 Å². The molecule has 3 nitrogen and oxygen atoms in total. The highest BCUT2D eigenvalue weighted by Gasteiger charge is 2.11.